The van der Waals surface area contributed by atoms with Crippen molar-refractivity contribution in [2.45, 2.75) is 45.1 Å². The molecule has 1 nitrogen and oxygen atoms in total. The molecule has 1 fully saturated rings. The molecule has 1 aliphatic carbocycles. The molecule has 94 valence electrons. The monoisotopic (exact) mass is 235 g/mol. The molecule has 2 rings (SSSR count). The minimum absolute atomic E-state index is 0.145. The van der Waals surface area contributed by atoms with E-state index >= 15 is 0 Å². The van der Waals surface area contributed by atoms with Gasteiger partial charge in [-0.05, 0) is 36.5 Å². The molecule has 0 heterocycles. The predicted octanol–water partition coefficient (Wildman–Crippen LogP) is 3.49. The van der Waals surface area contributed by atoms with Gasteiger partial charge in [0, 0.05) is 18.0 Å². The van der Waals surface area contributed by atoms with E-state index in [0.29, 0.717) is 6.04 Å². The molecule has 0 unspecified atom stereocenters. The first-order chi connectivity index (χ1) is 8.02. The first-order valence-corrected chi connectivity index (χ1v) is 6.51. The second-order valence-corrected chi connectivity index (χ2v) is 5.84. The van der Waals surface area contributed by atoms with Gasteiger partial charge in [-0.3, -0.25) is 0 Å². The fraction of sp³-hybridized carbons (Fsp3) is 0.600. The normalized spacial score (nSPS) is 28.2. The lowest BCUT2D eigenvalue weighted by molar-refractivity contribution is 0.149. The van der Waals surface area contributed by atoms with Crippen LogP contribution in [0.15, 0.2) is 24.3 Å². The van der Waals surface area contributed by atoms with Gasteiger partial charge in [0.05, 0.1) is 0 Å². The van der Waals surface area contributed by atoms with Crippen LogP contribution in [-0.4, -0.2) is 12.6 Å². The van der Waals surface area contributed by atoms with E-state index in [1.54, 1.807) is 12.1 Å². The largest absolute Gasteiger partial charge is 0.314 e. The van der Waals surface area contributed by atoms with Gasteiger partial charge in [-0.2, -0.15) is 0 Å². The molecular formula is C15H22FN. The molecule has 1 aromatic rings. The van der Waals surface area contributed by atoms with E-state index in [9.17, 15) is 4.39 Å². The lowest BCUT2D eigenvalue weighted by Crippen LogP contribution is -2.49. The summed E-state index contributed by atoms with van der Waals surface area (Å²) in [6.07, 6.45) is 2.41. The Kier molecular flexibility index (Phi) is 3.53. The summed E-state index contributed by atoms with van der Waals surface area (Å²) in [6, 6.07) is 7.56. The standard InChI is InChI=1S/C15H22FN/c1-11(2)17-10-15(8-12(3)9-15)13-4-6-14(16)7-5-13/h4-7,11-12,17H,8-10H2,1-3H3. The maximum Gasteiger partial charge on any atom is 0.123 e. The van der Waals surface area contributed by atoms with E-state index in [-0.39, 0.29) is 11.2 Å². The Labute approximate surface area is 103 Å². The number of nitrogens with one attached hydrogen (secondary N) is 1. The Balaban J connectivity index is 2.14. The zero-order valence-corrected chi connectivity index (χ0v) is 11.0. The zero-order valence-electron chi connectivity index (χ0n) is 11.0. The van der Waals surface area contributed by atoms with Crippen LogP contribution in [-0.2, 0) is 5.41 Å². The summed E-state index contributed by atoms with van der Waals surface area (Å²) in [5.74, 6) is 0.641. The quantitative estimate of drug-likeness (QED) is 0.842. The molecular weight excluding hydrogens is 213 g/mol. The molecule has 0 saturated heterocycles. The van der Waals surface area contributed by atoms with E-state index < -0.39 is 0 Å². The maximum absolute atomic E-state index is 13.0. The topological polar surface area (TPSA) is 12.0 Å². The minimum Gasteiger partial charge on any atom is -0.314 e. The summed E-state index contributed by atoms with van der Waals surface area (Å²) in [5, 5.41) is 3.53. The second-order valence-electron chi connectivity index (χ2n) is 5.84. The van der Waals surface area contributed by atoms with Gasteiger partial charge in [0.2, 0.25) is 0 Å². The van der Waals surface area contributed by atoms with Gasteiger partial charge in [0.15, 0.2) is 0 Å². The van der Waals surface area contributed by atoms with E-state index in [2.05, 4.69) is 26.1 Å². The Morgan fingerprint density at radius 3 is 2.35 bits per heavy atom. The Hall–Kier alpha value is -0.890. The van der Waals surface area contributed by atoms with Crippen molar-refractivity contribution in [1.82, 2.24) is 5.32 Å². The molecule has 0 spiro atoms. The molecule has 0 atom stereocenters. The van der Waals surface area contributed by atoms with Gasteiger partial charge in [-0.15, -0.1) is 0 Å². The summed E-state index contributed by atoms with van der Waals surface area (Å²) < 4.78 is 13.0. The van der Waals surface area contributed by atoms with Crippen LogP contribution in [0.3, 0.4) is 0 Å². The van der Waals surface area contributed by atoms with E-state index in [1.807, 2.05) is 12.1 Å². The van der Waals surface area contributed by atoms with E-state index in [1.165, 1.54) is 18.4 Å². The van der Waals surface area contributed by atoms with Gasteiger partial charge in [0.25, 0.3) is 0 Å². The van der Waals surface area contributed by atoms with E-state index in [0.717, 1.165) is 12.5 Å². The van der Waals surface area contributed by atoms with Crippen molar-refractivity contribution in [2.24, 2.45) is 5.92 Å². The second kappa shape index (κ2) is 4.77. The Bertz CT molecular complexity index is 363. The van der Waals surface area contributed by atoms with Crippen molar-refractivity contribution in [1.29, 1.82) is 0 Å². The molecule has 0 radical (unpaired) electrons. The van der Waals surface area contributed by atoms with Gasteiger partial charge in [-0.1, -0.05) is 32.9 Å². The third kappa shape index (κ3) is 2.68. The average Bonchev–Trinajstić information content (AvgIpc) is 2.24. The lowest BCUT2D eigenvalue weighted by Gasteiger charge is -2.48. The molecule has 2 heteroatoms. The smallest absolute Gasteiger partial charge is 0.123 e. The highest BCUT2D eigenvalue weighted by molar-refractivity contribution is 5.29. The van der Waals surface area contributed by atoms with Crippen LogP contribution in [0.1, 0.15) is 39.2 Å². The first kappa shape index (κ1) is 12.6. The van der Waals surface area contributed by atoms with Crippen molar-refractivity contribution in [2.75, 3.05) is 6.54 Å². The molecule has 0 aromatic heterocycles. The molecule has 1 saturated carbocycles. The van der Waals surface area contributed by atoms with Gasteiger partial charge in [-0.25, -0.2) is 4.39 Å². The highest BCUT2D eigenvalue weighted by Gasteiger charge is 2.42. The molecule has 0 aliphatic heterocycles. The minimum atomic E-state index is -0.145. The summed E-state index contributed by atoms with van der Waals surface area (Å²) >= 11 is 0. The summed E-state index contributed by atoms with van der Waals surface area (Å²) in [4.78, 5) is 0. The van der Waals surface area contributed by atoms with Crippen LogP contribution in [0.25, 0.3) is 0 Å². The van der Waals surface area contributed by atoms with Crippen molar-refractivity contribution in [3.63, 3.8) is 0 Å². The van der Waals surface area contributed by atoms with Crippen LogP contribution in [0.4, 0.5) is 4.39 Å². The summed E-state index contributed by atoms with van der Waals surface area (Å²) in [6.45, 7) is 7.62. The number of hydrogen-bond acceptors (Lipinski definition) is 1. The molecule has 1 N–H and O–H groups in total. The van der Waals surface area contributed by atoms with Crippen LogP contribution in [0.2, 0.25) is 0 Å². The van der Waals surface area contributed by atoms with Crippen molar-refractivity contribution < 1.29 is 4.39 Å². The molecule has 0 amide bonds. The van der Waals surface area contributed by atoms with E-state index in [4.69, 9.17) is 0 Å². The van der Waals surface area contributed by atoms with Crippen LogP contribution in [0.5, 0.6) is 0 Å². The highest BCUT2D eigenvalue weighted by Crippen LogP contribution is 2.47. The highest BCUT2D eigenvalue weighted by atomic mass is 19.1. The van der Waals surface area contributed by atoms with Crippen molar-refractivity contribution >= 4 is 0 Å². The van der Waals surface area contributed by atoms with Gasteiger partial charge >= 0.3 is 0 Å². The Morgan fingerprint density at radius 2 is 1.88 bits per heavy atom. The number of rotatable bonds is 4. The lowest BCUT2D eigenvalue weighted by atomic mass is 9.59. The van der Waals surface area contributed by atoms with Crippen LogP contribution in [0, 0.1) is 11.7 Å². The maximum atomic E-state index is 13.0. The average molecular weight is 235 g/mol. The number of hydrogen-bond donors (Lipinski definition) is 1. The summed E-state index contributed by atoms with van der Waals surface area (Å²) in [7, 11) is 0. The van der Waals surface area contributed by atoms with Gasteiger partial charge in [0.1, 0.15) is 5.82 Å². The molecule has 17 heavy (non-hydrogen) atoms. The fourth-order valence-corrected chi connectivity index (χ4v) is 2.96. The van der Waals surface area contributed by atoms with Crippen molar-refractivity contribution in [3.05, 3.63) is 35.6 Å². The third-order valence-corrected chi connectivity index (χ3v) is 3.78. The first-order valence-electron chi connectivity index (χ1n) is 6.51. The van der Waals surface area contributed by atoms with Crippen LogP contribution < -0.4 is 5.32 Å². The number of benzene rings is 1. The zero-order chi connectivity index (χ0) is 12.5. The molecule has 0 bridgehead atoms. The summed E-state index contributed by atoms with van der Waals surface area (Å²) in [5.41, 5.74) is 1.52. The van der Waals surface area contributed by atoms with Crippen molar-refractivity contribution in [3.8, 4) is 0 Å². The predicted molar refractivity (Wildman–Crippen MR) is 69.6 cm³/mol. The fourth-order valence-electron chi connectivity index (χ4n) is 2.96. The molecule has 1 aliphatic rings. The Morgan fingerprint density at radius 1 is 1.29 bits per heavy atom. The number of halogens is 1. The van der Waals surface area contributed by atoms with Gasteiger partial charge < -0.3 is 5.32 Å². The SMILES string of the molecule is CC1CC(CNC(C)C)(c2ccc(F)cc2)C1. The third-order valence-electron chi connectivity index (χ3n) is 3.78. The molecule has 1 aromatic carbocycles. The van der Waals surface area contributed by atoms with Crippen LogP contribution >= 0.6 is 0 Å².